The number of fused-ring (bicyclic) bond motifs is 1. The maximum Gasteiger partial charge on any atom is 0.245 e. The van der Waals surface area contributed by atoms with Gasteiger partial charge in [0.15, 0.2) is 11.2 Å². The predicted molar refractivity (Wildman–Crippen MR) is 148 cm³/mol. The predicted octanol–water partition coefficient (Wildman–Crippen LogP) is 4.62. The number of aromatic nitrogens is 4. The monoisotopic (exact) mass is 589 g/mol. The molecule has 1 fully saturated rings. The number of sulfonamides is 1. The first-order chi connectivity index (χ1) is 18.5. The second kappa shape index (κ2) is 10.6. The van der Waals surface area contributed by atoms with Crippen molar-refractivity contribution >= 4 is 50.3 Å². The van der Waals surface area contributed by atoms with E-state index in [0.29, 0.717) is 50.8 Å². The topological polar surface area (TPSA) is 125 Å². The van der Waals surface area contributed by atoms with Gasteiger partial charge < -0.3 is 14.0 Å². The second-order valence-corrected chi connectivity index (χ2v) is 12.2. The summed E-state index contributed by atoms with van der Waals surface area (Å²) in [5.74, 6) is 0.725. The molecule has 1 aliphatic rings. The van der Waals surface area contributed by atoms with E-state index in [0.717, 1.165) is 24.7 Å². The van der Waals surface area contributed by atoms with Gasteiger partial charge in [-0.25, -0.2) is 18.4 Å². The van der Waals surface area contributed by atoms with E-state index in [1.807, 2.05) is 40.5 Å². The zero-order valence-electron chi connectivity index (χ0n) is 21.1. The molecule has 204 valence electrons. The third-order valence-corrected chi connectivity index (χ3v) is 7.25. The van der Waals surface area contributed by atoms with E-state index in [2.05, 4.69) is 9.97 Å². The molecule has 0 saturated heterocycles. The van der Waals surface area contributed by atoms with Gasteiger partial charge in [-0.1, -0.05) is 35.3 Å². The van der Waals surface area contributed by atoms with E-state index >= 15 is 0 Å². The van der Waals surface area contributed by atoms with Crippen molar-refractivity contribution in [3.63, 3.8) is 0 Å². The quantitative estimate of drug-likeness (QED) is 0.284. The van der Waals surface area contributed by atoms with Gasteiger partial charge in [-0.3, -0.25) is 9.52 Å². The SMILES string of the molecule is CC1(Oc2ncnc3c2nc(-c2ccc(OCCC(=O)NS(C)(=O)=O)cc2Cl)n3Cc2cccc(Cl)c2)CC1. The Hall–Kier alpha value is -3.41. The third kappa shape index (κ3) is 6.60. The molecule has 0 spiro atoms. The Morgan fingerprint density at radius 1 is 1.15 bits per heavy atom. The summed E-state index contributed by atoms with van der Waals surface area (Å²) < 4.78 is 38.0. The summed E-state index contributed by atoms with van der Waals surface area (Å²) in [4.78, 5) is 25.5. The van der Waals surface area contributed by atoms with E-state index in [1.165, 1.54) is 6.33 Å². The van der Waals surface area contributed by atoms with Crippen molar-refractivity contribution in [2.75, 3.05) is 12.9 Å². The number of hydrogen-bond donors (Lipinski definition) is 1. The highest BCUT2D eigenvalue weighted by atomic mass is 35.5. The Kier molecular flexibility index (Phi) is 7.41. The van der Waals surface area contributed by atoms with Gasteiger partial charge in [0.25, 0.3) is 0 Å². The fourth-order valence-electron chi connectivity index (χ4n) is 3.96. The molecule has 2 heterocycles. The highest BCUT2D eigenvalue weighted by Gasteiger charge is 2.41. The van der Waals surface area contributed by atoms with E-state index in [4.69, 9.17) is 37.7 Å². The molecule has 2 aromatic carbocycles. The average Bonchev–Trinajstić information content (AvgIpc) is 3.46. The molecule has 1 amide bonds. The Balaban J connectivity index is 1.47. The van der Waals surface area contributed by atoms with Gasteiger partial charge in [0.2, 0.25) is 21.8 Å². The molecule has 0 atom stereocenters. The average molecular weight is 590 g/mol. The highest BCUT2D eigenvalue weighted by Crippen LogP contribution is 2.41. The van der Waals surface area contributed by atoms with Crippen molar-refractivity contribution in [1.82, 2.24) is 24.2 Å². The molecular formula is C26H25Cl2N5O5S. The van der Waals surface area contributed by atoms with Gasteiger partial charge in [0, 0.05) is 10.6 Å². The summed E-state index contributed by atoms with van der Waals surface area (Å²) in [6, 6.07) is 12.6. The lowest BCUT2D eigenvalue weighted by Crippen LogP contribution is -2.30. The first-order valence-corrected chi connectivity index (χ1v) is 14.7. The van der Waals surface area contributed by atoms with Crippen LogP contribution in [-0.4, -0.2) is 52.3 Å². The maximum atomic E-state index is 11.7. The molecule has 10 nitrogen and oxygen atoms in total. The van der Waals surface area contributed by atoms with Crippen LogP contribution in [0.1, 0.15) is 31.7 Å². The Morgan fingerprint density at radius 3 is 2.64 bits per heavy atom. The minimum absolute atomic E-state index is 0.0284. The molecule has 39 heavy (non-hydrogen) atoms. The largest absolute Gasteiger partial charge is 0.493 e. The number of nitrogens with zero attached hydrogens (tertiary/aromatic N) is 4. The molecule has 2 aromatic heterocycles. The molecule has 0 bridgehead atoms. The number of halogens is 2. The number of carbonyl (C=O) groups excluding carboxylic acids is 1. The van der Waals surface area contributed by atoms with Gasteiger partial charge in [0.05, 0.1) is 30.9 Å². The summed E-state index contributed by atoms with van der Waals surface area (Å²) >= 11 is 12.9. The zero-order chi connectivity index (χ0) is 27.8. The first-order valence-electron chi connectivity index (χ1n) is 12.1. The van der Waals surface area contributed by atoms with Crippen LogP contribution in [0.5, 0.6) is 11.6 Å². The summed E-state index contributed by atoms with van der Waals surface area (Å²) in [6.07, 6.45) is 4.12. The lowest BCUT2D eigenvalue weighted by Gasteiger charge is -2.12. The van der Waals surface area contributed by atoms with Crippen molar-refractivity contribution < 1.29 is 22.7 Å². The van der Waals surface area contributed by atoms with Gasteiger partial charge >= 0.3 is 0 Å². The second-order valence-electron chi connectivity index (χ2n) is 9.59. The van der Waals surface area contributed by atoms with E-state index < -0.39 is 15.9 Å². The third-order valence-electron chi connectivity index (χ3n) is 6.10. The van der Waals surface area contributed by atoms with Crippen LogP contribution in [0.25, 0.3) is 22.6 Å². The standard InChI is InChI=1S/C26H25Cl2N5O5S/c1-26(9-10-26)38-25-22-24(29-15-30-25)33(14-16-4-3-5-17(27)12-16)23(31-22)19-7-6-18(13-20(19)28)37-11-8-21(34)32-39(2,35)36/h3-7,12-13,15H,8-11,14H2,1-2H3,(H,32,34). The smallest absolute Gasteiger partial charge is 0.245 e. The van der Waals surface area contributed by atoms with Gasteiger partial charge in [-0.15, -0.1) is 0 Å². The minimum atomic E-state index is -3.62. The molecule has 1 N–H and O–H groups in total. The van der Waals surface area contributed by atoms with Crippen LogP contribution in [0.3, 0.4) is 0 Å². The van der Waals surface area contributed by atoms with E-state index in [9.17, 15) is 13.2 Å². The summed E-state index contributed by atoms with van der Waals surface area (Å²) in [5, 5.41) is 0.976. The molecule has 4 aromatic rings. The van der Waals surface area contributed by atoms with E-state index in [-0.39, 0.29) is 18.6 Å². The minimum Gasteiger partial charge on any atom is -0.493 e. The lowest BCUT2D eigenvalue weighted by molar-refractivity contribution is -0.119. The van der Waals surface area contributed by atoms with Crippen LogP contribution in [0.15, 0.2) is 48.8 Å². The van der Waals surface area contributed by atoms with Crippen LogP contribution in [0, 0.1) is 0 Å². The van der Waals surface area contributed by atoms with E-state index in [1.54, 1.807) is 18.2 Å². The molecular weight excluding hydrogens is 565 g/mol. The number of ether oxygens (including phenoxy) is 2. The Morgan fingerprint density at radius 2 is 1.95 bits per heavy atom. The van der Waals surface area contributed by atoms with Crippen LogP contribution >= 0.6 is 23.2 Å². The van der Waals surface area contributed by atoms with Crippen molar-refractivity contribution in [2.45, 2.75) is 38.3 Å². The van der Waals surface area contributed by atoms with Crippen LogP contribution < -0.4 is 14.2 Å². The van der Waals surface area contributed by atoms with Crippen LogP contribution in [0.2, 0.25) is 10.0 Å². The fourth-order valence-corrected chi connectivity index (χ4v) is 4.95. The molecule has 0 unspecified atom stereocenters. The Labute approximate surface area is 235 Å². The van der Waals surface area contributed by atoms with Crippen molar-refractivity contribution in [3.8, 4) is 23.0 Å². The number of imidazole rings is 1. The molecule has 1 aliphatic carbocycles. The molecule has 1 saturated carbocycles. The summed E-state index contributed by atoms with van der Waals surface area (Å²) in [6.45, 7) is 2.43. The summed E-state index contributed by atoms with van der Waals surface area (Å²) in [7, 11) is -3.62. The van der Waals surface area contributed by atoms with Crippen molar-refractivity contribution in [2.24, 2.45) is 0 Å². The maximum absolute atomic E-state index is 11.7. The number of carbonyl (C=O) groups is 1. The number of rotatable bonds is 10. The van der Waals surface area contributed by atoms with Gasteiger partial charge in [-0.2, -0.15) is 4.98 Å². The lowest BCUT2D eigenvalue weighted by atomic mass is 10.2. The van der Waals surface area contributed by atoms with Crippen molar-refractivity contribution in [1.29, 1.82) is 0 Å². The first kappa shape index (κ1) is 27.2. The number of nitrogens with one attached hydrogen (secondary N) is 1. The normalized spacial score (nSPS) is 14.3. The molecule has 0 aliphatic heterocycles. The number of benzene rings is 2. The molecule has 13 heteroatoms. The van der Waals surface area contributed by atoms with Crippen molar-refractivity contribution in [3.05, 3.63) is 64.4 Å². The Bertz CT molecular complexity index is 1670. The zero-order valence-corrected chi connectivity index (χ0v) is 23.5. The van der Waals surface area contributed by atoms with Crippen LogP contribution in [0.4, 0.5) is 0 Å². The number of amides is 1. The summed E-state index contributed by atoms with van der Waals surface area (Å²) in [5.41, 5.74) is 2.43. The highest BCUT2D eigenvalue weighted by molar-refractivity contribution is 7.89. The fraction of sp³-hybridized carbons (Fsp3) is 0.308. The molecule has 0 radical (unpaired) electrons. The van der Waals surface area contributed by atoms with Gasteiger partial charge in [0.1, 0.15) is 23.5 Å². The molecule has 5 rings (SSSR count). The van der Waals surface area contributed by atoms with Crippen LogP contribution in [-0.2, 0) is 21.4 Å². The number of hydrogen-bond acceptors (Lipinski definition) is 8. The van der Waals surface area contributed by atoms with Gasteiger partial charge in [-0.05, 0) is 55.7 Å².